The second-order valence-corrected chi connectivity index (χ2v) is 5.78. The van der Waals surface area contributed by atoms with Crippen LogP contribution in [0.5, 0.6) is 0 Å². The van der Waals surface area contributed by atoms with Crippen LogP contribution in [0.1, 0.15) is 12.2 Å². The molecule has 3 heterocycles. The average Bonchev–Trinajstić information content (AvgIpc) is 3.17. The highest BCUT2D eigenvalue weighted by atomic mass is 19.1. The highest BCUT2D eigenvalue weighted by Gasteiger charge is 2.24. The van der Waals surface area contributed by atoms with Crippen LogP contribution in [0.4, 0.5) is 15.9 Å². The summed E-state index contributed by atoms with van der Waals surface area (Å²) < 4.78 is 15.7. The molecule has 118 valence electrons. The lowest BCUT2D eigenvalue weighted by Crippen LogP contribution is -2.27. The summed E-state index contributed by atoms with van der Waals surface area (Å²) in [7, 11) is 0. The zero-order valence-electron chi connectivity index (χ0n) is 12.8. The van der Waals surface area contributed by atoms with Crippen molar-refractivity contribution in [2.24, 2.45) is 0 Å². The molecule has 1 unspecified atom stereocenters. The van der Waals surface area contributed by atoms with Gasteiger partial charge in [0.05, 0.1) is 5.69 Å². The number of aryl methyl sites for hydroxylation is 1. The number of aromatic nitrogens is 4. The zero-order chi connectivity index (χ0) is 15.8. The molecule has 3 aromatic rings. The second kappa shape index (κ2) is 5.49. The van der Waals surface area contributed by atoms with Crippen molar-refractivity contribution in [1.29, 1.82) is 0 Å². The first-order chi connectivity index (χ1) is 11.2. The van der Waals surface area contributed by atoms with Crippen molar-refractivity contribution in [3.05, 3.63) is 48.3 Å². The van der Waals surface area contributed by atoms with Gasteiger partial charge in [0.25, 0.3) is 0 Å². The van der Waals surface area contributed by atoms with Gasteiger partial charge in [0.15, 0.2) is 5.65 Å². The van der Waals surface area contributed by atoms with Gasteiger partial charge in [0.2, 0.25) is 0 Å². The van der Waals surface area contributed by atoms with E-state index in [0.717, 1.165) is 36.8 Å². The molecular weight excluding hydrogens is 295 g/mol. The van der Waals surface area contributed by atoms with Gasteiger partial charge < -0.3 is 10.2 Å². The van der Waals surface area contributed by atoms with Crippen LogP contribution in [0.2, 0.25) is 0 Å². The van der Waals surface area contributed by atoms with Crippen LogP contribution < -0.4 is 10.2 Å². The van der Waals surface area contributed by atoms with Crippen LogP contribution in [0.15, 0.2) is 36.7 Å². The zero-order valence-corrected chi connectivity index (χ0v) is 12.8. The fourth-order valence-electron chi connectivity index (χ4n) is 3.06. The lowest BCUT2D eigenvalue weighted by molar-refractivity contribution is 0.623. The Morgan fingerprint density at radius 1 is 1.30 bits per heavy atom. The van der Waals surface area contributed by atoms with Gasteiger partial charge in [0, 0.05) is 25.2 Å². The number of rotatable bonds is 3. The van der Waals surface area contributed by atoms with Gasteiger partial charge in [-0.2, -0.15) is 0 Å². The molecule has 1 aliphatic rings. The summed E-state index contributed by atoms with van der Waals surface area (Å²) in [4.78, 5) is 6.60. The molecule has 23 heavy (non-hydrogen) atoms. The molecule has 1 aromatic carbocycles. The standard InChI is InChI=1S/C16H17FN6/c1-11-19-15(8-16-21-18-10-23(11)16)20-12-6-7-22(9-12)14-5-3-2-4-13(14)17/h2-5,8,10,12,20H,6-7,9H2,1H3. The Kier molecular flexibility index (Phi) is 3.33. The average molecular weight is 312 g/mol. The van der Waals surface area contributed by atoms with E-state index in [1.165, 1.54) is 6.07 Å². The van der Waals surface area contributed by atoms with Gasteiger partial charge in [-0.25, -0.2) is 9.37 Å². The molecule has 0 aliphatic carbocycles. The molecule has 1 aliphatic heterocycles. The molecule has 1 fully saturated rings. The molecule has 0 saturated carbocycles. The summed E-state index contributed by atoms with van der Waals surface area (Å²) in [5.74, 6) is 1.44. The second-order valence-electron chi connectivity index (χ2n) is 5.78. The molecule has 0 radical (unpaired) electrons. The molecule has 0 bridgehead atoms. The Labute approximate surface area is 133 Å². The summed E-state index contributed by atoms with van der Waals surface area (Å²) in [6, 6.07) is 9.01. The molecule has 2 aromatic heterocycles. The fraction of sp³-hybridized carbons (Fsp3) is 0.312. The molecule has 1 atom stereocenters. The van der Waals surface area contributed by atoms with Crippen LogP contribution >= 0.6 is 0 Å². The Bertz CT molecular complexity index is 845. The maximum Gasteiger partial charge on any atom is 0.165 e. The summed E-state index contributed by atoms with van der Waals surface area (Å²) >= 11 is 0. The highest BCUT2D eigenvalue weighted by Crippen LogP contribution is 2.24. The number of fused-ring (bicyclic) bond motifs is 1. The van der Waals surface area contributed by atoms with Crippen LogP contribution in [0, 0.1) is 12.7 Å². The minimum atomic E-state index is -0.174. The Morgan fingerprint density at radius 2 is 2.17 bits per heavy atom. The predicted molar refractivity (Wildman–Crippen MR) is 86.2 cm³/mol. The minimum absolute atomic E-state index is 0.174. The van der Waals surface area contributed by atoms with Crippen LogP contribution in [0.25, 0.3) is 5.65 Å². The number of para-hydroxylation sites is 1. The molecular formula is C16H17FN6. The molecule has 1 N–H and O–H groups in total. The van der Waals surface area contributed by atoms with E-state index in [9.17, 15) is 4.39 Å². The summed E-state index contributed by atoms with van der Waals surface area (Å²) in [6.45, 7) is 3.49. The van der Waals surface area contributed by atoms with E-state index in [1.54, 1.807) is 12.4 Å². The maximum atomic E-state index is 13.9. The lowest BCUT2D eigenvalue weighted by Gasteiger charge is -2.20. The third-order valence-corrected chi connectivity index (χ3v) is 4.20. The topological polar surface area (TPSA) is 58.4 Å². The molecule has 7 heteroatoms. The molecule has 6 nitrogen and oxygen atoms in total. The monoisotopic (exact) mass is 312 g/mol. The van der Waals surface area contributed by atoms with Crippen molar-refractivity contribution in [3.8, 4) is 0 Å². The van der Waals surface area contributed by atoms with Crippen molar-refractivity contribution in [3.63, 3.8) is 0 Å². The number of hydrogen-bond acceptors (Lipinski definition) is 5. The number of benzene rings is 1. The van der Waals surface area contributed by atoms with Crippen molar-refractivity contribution in [2.75, 3.05) is 23.3 Å². The number of halogens is 1. The van der Waals surface area contributed by atoms with E-state index in [0.29, 0.717) is 5.69 Å². The van der Waals surface area contributed by atoms with E-state index in [-0.39, 0.29) is 11.9 Å². The van der Waals surface area contributed by atoms with Gasteiger partial charge >= 0.3 is 0 Å². The van der Waals surface area contributed by atoms with Gasteiger partial charge in [0.1, 0.15) is 23.8 Å². The van der Waals surface area contributed by atoms with E-state index >= 15 is 0 Å². The summed E-state index contributed by atoms with van der Waals surface area (Å²) in [5, 5.41) is 11.4. The summed E-state index contributed by atoms with van der Waals surface area (Å²) in [5.41, 5.74) is 1.43. The predicted octanol–water partition coefficient (Wildman–Crippen LogP) is 2.26. The van der Waals surface area contributed by atoms with E-state index in [4.69, 9.17) is 0 Å². The van der Waals surface area contributed by atoms with Crippen LogP contribution in [-0.4, -0.2) is 38.7 Å². The first kappa shape index (κ1) is 13.9. The van der Waals surface area contributed by atoms with E-state index < -0.39 is 0 Å². The Hall–Kier alpha value is -2.70. The van der Waals surface area contributed by atoms with Crippen molar-refractivity contribution in [1.82, 2.24) is 19.6 Å². The quantitative estimate of drug-likeness (QED) is 0.804. The van der Waals surface area contributed by atoms with Crippen molar-refractivity contribution < 1.29 is 4.39 Å². The number of nitrogens with zero attached hydrogens (tertiary/aromatic N) is 5. The highest BCUT2D eigenvalue weighted by molar-refractivity contribution is 5.52. The van der Waals surface area contributed by atoms with E-state index in [1.807, 2.05) is 29.5 Å². The smallest absolute Gasteiger partial charge is 0.165 e. The Balaban J connectivity index is 1.50. The third kappa shape index (κ3) is 2.58. The number of hydrogen-bond donors (Lipinski definition) is 1. The molecule has 1 saturated heterocycles. The molecule has 0 amide bonds. The van der Waals surface area contributed by atoms with Crippen LogP contribution in [-0.2, 0) is 0 Å². The largest absolute Gasteiger partial charge is 0.367 e. The van der Waals surface area contributed by atoms with Crippen molar-refractivity contribution in [2.45, 2.75) is 19.4 Å². The number of nitrogens with one attached hydrogen (secondary N) is 1. The Morgan fingerprint density at radius 3 is 3.04 bits per heavy atom. The molecule has 0 spiro atoms. The van der Waals surface area contributed by atoms with E-state index in [2.05, 4.69) is 25.4 Å². The van der Waals surface area contributed by atoms with Gasteiger partial charge in [-0.1, -0.05) is 12.1 Å². The van der Waals surface area contributed by atoms with Gasteiger partial charge in [-0.3, -0.25) is 4.40 Å². The number of anilines is 2. The summed E-state index contributed by atoms with van der Waals surface area (Å²) in [6.07, 6.45) is 2.59. The van der Waals surface area contributed by atoms with Gasteiger partial charge in [-0.15, -0.1) is 10.2 Å². The normalized spacial score (nSPS) is 17.8. The van der Waals surface area contributed by atoms with Crippen molar-refractivity contribution >= 4 is 17.2 Å². The minimum Gasteiger partial charge on any atom is -0.367 e. The lowest BCUT2D eigenvalue weighted by atomic mass is 10.2. The first-order valence-corrected chi connectivity index (χ1v) is 7.64. The molecule has 4 rings (SSSR count). The van der Waals surface area contributed by atoms with Crippen LogP contribution in [0.3, 0.4) is 0 Å². The maximum absolute atomic E-state index is 13.9. The SMILES string of the molecule is Cc1nc(NC2CCN(c3ccccc3F)C2)cc2nncn12. The first-order valence-electron chi connectivity index (χ1n) is 7.64. The fourth-order valence-corrected chi connectivity index (χ4v) is 3.06. The third-order valence-electron chi connectivity index (χ3n) is 4.20. The van der Waals surface area contributed by atoms with Gasteiger partial charge in [-0.05, 0) is 25.5 Å².